The molecule has 0 spiro atoms. The van der Waals surface area contributed by atoms with E-state index in [1.807, 2.05) is 77.7 Å². The number of amides is 1. The van der Waals surface area contributed by atoms with Gasteiger partial charge in [-0.2, -0.15) is 0 Å². The van der Waals surface area contributed by atoms with Crippen molar-refractivity contribution in [3.8, 4) is 17.2 Å². The minimum atomic E-state index is -0.490. The van der Waals surface area contributed by atoms with Crippen LogP contribution in [0.15, 0.2) is 77.2 Å². The van der Waals surface area contributed by atoms with Crippen LogP contribution < -0.4 is 4.74 Å². The van der Waals surface area contributed by atoms with Gasteiger partial charge in [-0.1, -0.05) is 36.4 Å². The summed E-state index contributed by atoms with van der Waals surface area (Å²) in [4.78, 5) is 34.5. The number of ether oxygens (including phenoxy) is 2. The second kappa shape index (κ2) is 10.3. The van der Waals surface area contributed by atoms with Gasteiger partial charge in [0.1, 0.15) is 17.3 Å². The van der Waals surface area contributed by atoms with E-state index in [-0.39, 0.29) is 11.9 Å². The van der Waals surface area contributed by atoms with Crippen molar-refractivity contribution in [3.05, 3.63) is 83.9 Å². The summed E-state index contributed by atoms with van der Waals surface area (Å²) in [5.74, 6) is 0.904. The fraction of sp³-hybridized carbons (Fsp3) is 0.300. The van der Waals surface area contributed by atoms with Gasteiger partial charge in [0.15, 0.2) is 5.58 Å². The average Bonchev–Trinajstić information content (AvgIpc) is 3.68. The first-order valence-electron chi connectivity index (χ1n) is 12.9. The number of fused-ring (bicyclic) bond motifs is 1. The molecule has 1 unspecified atom stereocenters. The van der Waals surface area contributed by atoms with Crippen LogP contribution in [-0.2, 0) is 9.53 Å². The Kier molecular flexibility index (Phi) is 6.55. The van der Waals surface area contributed by atoms with Gasteiger partial charge >= 0.3 is 5.97 Å². The molecule has 0 radical (unpaired) electrons. The van der Waals surface area contributed by atoms with Gasteiger partial charge in [0.05, 0.1) is 13.2 Å². The van der Waals surface area contributed by atoms with Gasteiger partial charge in [-0.25, -0.2) is 9.78 Å². The van der Waals surface area contributed by atoms with E-state index in [1.54, 1.807) is 0 Å². The van der Waals surface area contributed by atoms with E-state index in [1.165, 1.54) is 7.11 Å². The number of esters is 1. The zero-order chi connectivity index (χ0) is 26.1. The summed E-state index contributed by atoms with van der Waals surface area (Å²) < 4.78 is 16.9. The molecule has 4 aromatic rings. The number of hydrogen-bond donors (Lipinski definition) is 0. The highest BCUT2D eigenvalue weighted by molar-refractivity contribution is 5.95. The van der Waals surface area contributed by atoms with E-state index in [0.717, 1.165) is 35.2 Å². The molecule has 2 aliphatic rings. The maximum atomic E-state index is 13.4. The first-order chi connectivity index (χ1) is 18.6. The van der Waals surface area contributed by atoms with E-state index in [2.05, 4.69) is 9.88 Å². The average molecular weight is 512 g/mol. The number of methoxy groups -OCH3 is 1. The first kappa shape index (κ1) is 24.2. The number of carbonyl (C=O) groups excluding carboxylic acids is 2. The third-order valence-corrected chi connectivity index (χ3v) is 7.05. The Morgan fingerprint density at radius 2 is 1.74 bits per heavy atom. The van der Waals surface area contributed by atoms with Crippen LogP contribution >= 0.6 is 0 Å². The summed E-state index contributed by atoms with van der Waals surface area (Å²) in [6.45, 7) is 2.15. The van der Waals surface area contributed by atoms with E-state index >= 15 is 0 Å². The minimum absolute atomic E-state index is 0.0583. The quantitative estimate of drug-likeness (QED) is 0.332. The van der Waals surface area contributed by atoms with Crippen LogP contribution in [0.3, 0.4) is 0 Å². The van der Waals surface area contributed by atoms with Crippen LogP contribution in [0.2, 0.25) is 0 Å². The summed E-state index contributed by atoms with van der Waals surface area (Å²) in [5.41, 5.74) is 3.60. The molecule has 1 aromatic heterocycles. The van der Waals surface area contributed by atoms with Crippen molar-refractivity contribution in [3.63, 3.8) is 0 Å². The SMILES string of the molecule is COC(=O)C(c1ccccc1)N1CCN(C(=O)c2cccc(-c3nc4cc(OC5CC5)ccc4o3)c2)CC1. The van der Waals surface area contributed by atoms with Crippen molar-refractivity contribution in [2.75, 3.05) is 33.3 Å². The molecule has 1 saturated carbocycles. The maximum Gasteiger partial charge on any atom is 0.327 e. The molecule has 1 atom stereocenters. The van der Waals surface area contributed by atoms with Crippen LogP contribution in [0.4, 0.5) is 0 Å². The largest absolute Gasteiger partial charge is 0.490 e. The molecule has 8 nitrogen and oxygen atoms in total. The van der Waals surface area contributed by atoms with Crippen LogP contribution in [0.1, 0.15) is 34.8 Å². The fourth-order valence-corrected chi connectivity index (χ4v) is 4.88. The van der Waals surface area contributed by atoms with E-state index in [4.69, 9.17) is 13.9 Å². The fourth-order valence-electron chi connectivity index (χ4n) is 4.88. The first-order valence-corrected chi connectivity index (χ1v) is 12.9. The predicted molar refractivity (Wildman–Crippen MR) is 142 cm³/mol. The lowest BCUT2D eigenvalue weighted by atomic mass is 10.0. The molecule has 6 rings (SSSR count). The standard InChI is InChI=1S/C30H29N3O5/c1-36-30(35)27(20-6-3-2-4-7-20)32-14-16-33(17-15-32)29(34)22-9-5-8-21(18-22)28-31-25-19-24(37-23-10-11-23)12-13-26(25)38-28/h2-9,12-13,18-19,23,27H,10-11,14-17H2,1H3. The van der Waals surface area contributed by atoms with E-state index in [9.17, 15) is 9.59 Å². The van der Waals surface area contributed by atoms with Crippen LogP contribution in [0, 0.1) is 0 Å². The van der Waals surface area contributed by atoms with Crippen molar-refractivity contribution < 1.29 is 23.5 Å². The molecule has 0 N–H and O–H groups in total. The number of nitrogens with zero attached hydrogens (tertiary/aromatic N) is 3. The van der Waals surface area contributed by atoms with Crippen molar-refractivity contribution in [1.82, 2.24) is 14.8 Å². The molecule has 1 amide bonds. The summed E-state index contributed by atoms with van der Waals surface area (Å²) in [5, 5.41) is 0. The Morgan fingerprint density at radius 1 is 0.947 bits per heavy atom. The molecular weight excluding hydrogens is 482 g/mol. The summed E-state index contributed by atoms with van der Waals surface area (Å²) in [6.07, 6.45) is 2.50. The third-order valence-electron chi connectivity index (χ3n) is 7.05. The highest BCUT2D eigenvalue weighted by atomic mass is 16.5. The number of rotatable bonds is 7. The van der Waals surface area contributed by atoms with Gasteiger partial charge in [-0.3, -0.25) is 9.69 Å². The van der Waals surface area contributed by atoms with Gasteiger partial charge in [-0.05, 0) is 48.7 Å². The maximum absolute atomic E-state index is 13.4. The van der Waals surface area contributed by atoms with Gasteiger partial charge in [-0.15, -0.1) is 0 Å². The molecular formula is C30H29N3O5. The summed E-state index contributed by atoms with van der Waals surface area (Å²) in [7, 11) is 1.41. The van der Waals surface area contributed by atoms with Crippen molar-refractivity contribution in [2.45, 2.75) is 25.0 Å². The Morgan fingerprint density at radius 3 is 2.47 bits per heavy atom. The van der Waals surface area contributed by atoms with E-state index < -0.39 is 6.04 Å². The number of carbonyl (C=O) groups is 2. The van der Waals surface area contributed by atoms with Crippen molar-refractivity contribution in [1.29, 1.82) is 0 Å². The molecule has 1 aliphatic heterocycles. The Labute approximate surface area is 220 Å². The number of piperazine rings is 1. The van der Waals surface area contributed by atoms with Crippen LogP contribution in [0.25, 0.3) is 22.6 Å². The van der Waals surface area contributed by atoms with Crippen molar-refractivity contribution >= 4 is 23.0 Å². The number of hydrogen-bond acceptors (Lipinski definition) is 7. The van der Waals surface area contributed by atoms with Gasteiger partial charge < -0.3 is 18.8 Å². The molecule has 3 aromatic carbocycles. The Hall–Kier alpha value is -4.17. The number of aromatic nitrogens is 1. The molecule has 1 saturated heterocycles. The third kappa shape index (κ3) is 4.99. The van der Waals surface area contributed by atoms with Crippen LogP contribution in [0.5, 0.6) is 5.75 Å². The second-order valence-electron chi connectivity index (χ2n) is 9.71. The molecule has 38 heavy (non-hydrogen) atoms. The number of oxazole rings is 1. The lowest BCUT2D eigenvalue weighted by Gasteiger charge is -2.38. The minimum Gasteiger partial charge on any atom is -0.490 e. The Balaban J connectivity index is 1.15. The smallest absolute Gasteiger partial charge is 0.327 e. The van der Waals surface area contributed by atoms with Gasteiger partial charge in [0.25, 0.3) is 5.91 Å². The molecule has 1 aliphatic carbocycles. The van der Waals surface area contributed by atoms with Crippen LogP contribution in [-0.4, -0.2) is 66.1 Å². The summed E-state index contributed by atoms with van der Waals surface area (Å²) in [6, 6.07) is 22.1. The topological polar surface area (TPSA) is 85.1 Å². The summed E-state index contributed by atoms with van der Waals surface area (Å²) >= 11 is 0. The Bertz CT molecular complexity index is 1460. The predicted octanol–water partition coefficient (Wildman–Crippen LogP) is 4.71. The highest BCUT2D eigenvalue weighted by Gasteiger charge is 2.32. The van der Waals surface area contributed by atoms with Gasteiger partial charge in [0, 0.05) is 43.4 Å². The zero-order valence-electron chi connectivity index (χ0n) is 21.2. The number of benzene rings is 3. The molecule has 2 fully saturated rings. The van der Waals surface area contributed by atoms with E-state index in [0.29, 0.717) is 49.3 Å². The zero-order valence-corrected chi connectivity index (χ0v) is 21.2. The normalized spacial score (nSPS) is 16.8. The van der Waals surface area contributed by atoms with Crippen molar-refractivity contribution in [2.24, 2.45) is 0 Å². The monoisotopic (exact) mass is 511 g/mol. The second-order valence-corrected chi connectivity index (χ2v) is 9.71. The molecule has 194 valence electrons. The highest BCUT2D eigenvalue weighted by Crippen LogP contribution is 2.31. The molecule has 0 bridgehead atoms. The van der Waals surface area contributed by atoms with Gasteiger partial charge in [0.2, 0.25) is 5.89 Å². The molecule has 2 heterocycles. The lowest BCUT2D eigenvalue weighted by Crippen LogP contribution is -2.51. The molecule has 8 heteroatoms. The lowest BCUT2D eigenvalue weighted by molar-refractivity contribution is -0.148.